The van der Waals surface area contributed by atoms with Crippen LogP contribution < -0.4 is 5.73 Å². The predicted octanol–water partition coefficient (Wildman–Crippen LogP) is 2.28. The molecule has 1 aromatic heterocycles. The van der Waals surface area contributed by atoms with E-state index in [2.05, 4.69) is 22.3 Å². The van der Waals surface area contributed by atoms with Gasteiger partial charge >= 0.3 is 0 Å². The minimum Gasteiger partial charge on any atom is -0.381 e. The summed E-state index contributed by atoms with van der Waals surface area (Å²) < 4.78 is 10.7. The zero-order valence-electron chi connectivity index (χ0n) is 12.1. The highest BCUT2D eigenvalue weighted by atomic mass is 16.5. The lowest BCUT2D eigenvalue weighted by atomic mass is 10.0. The van der Waals surface area contributed by atoms with Crippen molar-refractivity contribution in [1.29, 1.82) is 0 Å². The second kappa shape index (κ2) is 6.83. The lowest BCUT2D eigenvalue weighted by Crippen LogP contribution is -2.12. The molecule has 5 nitrogen and oxygen atoms in total. The first-order valence-corrected chi connectivity index (χ1v) is 7.51. The van der Waals surface area contributed by atoms with Crippen LogP contribution >= 0.6 is 0 Å². The third-order valence-corrected chi connectivity index (χ3v) is 3.88. The van der Waals surface area contributed by atoms with E-state index in [9.17, 15) is 0 Å². The van der Waals surface area contributed by atoms with E-state index in [1.54, 1.807) is 0 Å². The number of benzene rings is 1. The monoisotopic (exact) mass is 287 g/mol. The molecule has 1 aromatic carbocycles. The van der Waals surface area contributed by atoms with Gasteiger partial charge in [-0.05, 0) is 30.7 Å². The van der Waals surface area contributed by atoms with Gasteiger partial charge in [0.2, 0.25) is 5.89 Å². The van der Waals surface area contributed by atoms with E-state index in [1.165, 1.54) is 5.56 Å². The highest BCUT2D eigenvalue weighted by Gasteiger charge is 2.20. The first-order chi connectivity index (χ1) is 10.3. The fourth-order valence-corrected chi connectivity index (χ4v) is 2.59. The Labute approximate surface area is 124 Å². The predicted molar refractivity (Wildman–Crippen MR) is 78.6 cm³/mol. The Kier molecular flexibility index (Phi) is 4.62. The molecule has 112 valence electrons. The Morgan fingerprint density at radius 1 is 1.29 bits per heavy atom. The fourth-order valence-electron chi connectivity index (χ4n) is 2.59. The molecule has 0 radical (unpaired) electrons. The molecule has 1 aliphatic heterocycles. The van der Waals surface area contributed by atoms with Gasteiger partial charge in [0.15, 0.2) is 5.82 Å². The Balaban J connectivity index is 1.52. The fraction of sp³-hybridized carbons (Fsp3) is 0.500. The van der Waals surface area contributed by atoms with E-state index >= 15 is 0 Å². The van der Waals surface area contributed by atoms with Gasteiger partial charge in [-0.1, -0.05) is 35.5 Å². The van der Waals surface area contributed by atoms with Gasteiger partial charge in [0.05, 0.1) is 6.04 Å². The molecule has 0 saturated carbocycles. The van der Waals surface area contributed by atoms with Crippen LogP contribution in [-0.4, -0.2) is 23.4 Å². The molecule has 5 heteroatoms. The summed E-state index contributed by atoms with van der Waals surface area (Å²) >= 11 is 0. The van der Waals surface area contributed by atoms with Gasteiger partial charge in [-0.3, -0.25) is 0 Å². The molecule has 0 spiro atoms. The quantitative estimate of drug-likeness (QED) is 0.882. The summed E-state index contributed by atoms with van der Waals surface area (Å²) in [6.07, 6.45) is 3.60. The standard InChI is InChI=1S/C16H21N3O2/c17-14(7-6-12-4-2-1-3-5-12)16-18-15(19-21-16)10-13-8-9-20-11-13/h1-5,13-14H,6-11,17H2. The summed E-state index contributed by atoms with van der Waals surface area (Å²) in [7, 11) is 0. The zero-order valence-corrected chi connectivity index (χ0v) is 12.1. The van der Waals surface area contributed by atoms with E-state index in [4.69, 9.17) is 15.0 Å². The van der Waals surface area contributed by atoms with Gasteiger partial charge in [0.1, 0.15) is 0 Å². The van der Waals surface area contributed by atoms with Crippen LogP contribution in [0.2, 0.25) is 0 Å². The van der Waals surface area contributed by atoms with Crippen molar-refractivity contribution in [3.63, 3.8) is 0 Å². The minimum atomic E-state index is -0.203. The van der Waals surface area contributed by atoms with Gasteiger partial charge in [0.25, 0.3) is 0 Å². The van der Waals surface area contributed by atoms with E-state index in [-0.39, 0.29) is 6.04 Å². The first-order valence-electron chi connectivity index (χ1n) is 7.51. The van der Waals surface area contributed by atoms with Gasteiger partial charge in [-0.2, -0.15) is 4.98 Å². The van der Waals surface area contributed by atoms with E-state index < -0.39 is 0 Å². The normalized spacial score (nSPS) is 19.8. The van der Waals surface area contributed by atoms with Crippen molar-refractivity contribution in [1.82, 2.24) is 10.1 Å². The molecule has 21 heavy (non-hydrogen) atoms. The molecular formula is C16H21N3O2. The number of rotatable bonds is 6. The molecule has 2 atom stereocenters. The maximum absolute atomic E-state index is 6.14. The third-order valence-electron chi connectivity index (χ3n) is 3.88. The number of aromatic nitrogens is 2. The molecule has 3 rings (SSSR count). The summed E-state index contributed by atoms with van der Waals surface area (Å²) in [5.74, 6) is 1.80. The maximum Gasteiger partial charge on any atom is 0.243 e. The van der Waals surface area contributed by atoms with Crippen molar-refractivity contribution in [3.8, 4) is 0 Å². The van der Waals surface area contributed by atoms with E-state index in [0.29, 0.717) is 11.8 Å². The largest absolute Gasteiger partial charge is 0.381 e. The maximum atomic E-state index is 6.14. The summed E-state index contributed by atoms with van der Waals surface area (Å²) in [4.78, 5) is 4.43. The van der Waals surface area contributed by atoms with E-state index in [0.717, 1.165) is 44.7 Å². The van der Waals surface area contributed by atoms with Crippen molar-refractivity contribution in [2.45, 2.75) is 31.7 Å². The van der Waals surface area contributed by atoms with Gasteiger partial charge in [-0.15, -0.1) is 0 Å². The molecule has 2 N–H and O–H groups in total. The van der Waals surface area contributed by atoms with Crippen LogP contribution in [0, 0.1) is 5.92 Å². The van der Waals surface area contributed by atoms with Crippen molar-refractivity contribution in [2.24, 2.45) is 11.7 Å². The topological polar surface area (TPSA) is 74.2 Å². The summed E-state index contributed by atoms with van der Waals surface area (Å²) in [6, 6.07) is 10.1. The number of nitrogens with two attached hydrogens (primary N) is 1. The summed E-state index contributed by atoms with van der Waals surface area (Å²) in [5.41, 5.74) is 7.42. The molecule has 2 aromatic rings. The average molecular weight is 287 g/mol. The molecule has 1 aliphatic rings. The average Bonchev–Trinajstić information content (AvgIpc) is 3.18. The van der Waals surface area contributed by atoms with Crippen molar-refractivity contribution in [2.75, 3.05) is 13.2 Å². The Morgan fingerprint density at radius 2 is 2.14 bits per heavy atom. The molecule has 2 unspecified atom stereocenters. The smallest absolute Gasteiger partial charge is 0.243 e. The Morgan fingerprint density at radius 3 is 2.90 bits per heavy atom. The van der Waals surface area contributed by atoms with Crippen LogP contribution in [-0.2, 0) is 17.6 Å². The van der Waals surface area contributed by atoms with Crippen LogP contribution in [0.15, 0.2) is 34.9 Å². The molecule has 0 amide bonds. The second-order valence-corrected chi connectivity index (χ2v) is 5.61. The van der Waals surface area contributed by atoms with Crippen molar-refractivity contribution >= 4 is 0 Å². The molecule has 1 fully saturated rings. The molecule has 0 bridgehead atoms. The Hall–Kier alpha value is -1.72. The summed E-state index contributed by atoms with van der Waals surface area (Å²) in [5, 5.41) is 4.03. The molecule has 2 heterocycles. The third kappa shape index (κ3) is 3.89. The molecule has 1 saturated heterocycles. The van der Waals surface area contributed by atoms with Crippen molar-refractivity contribution < 1.29 is 9.26 Å². The van der Waals surface area contributed by atoms with Crippen LogP contribution in [0.3, 0.4) is 0 Å². The van der Waals surface area contributed by atoms with Crippen LogP contribution in [0.5, 0.6) is 0 Å². The Bertz CT molecular complexity index is 550. The minimum absolute atomic E-state index is 0.203. The van der Waals surface area contributed by atoms with Gasteiger partial charge < -0.3 is 15.0 Å². The SMILES string of the molecule is NC(CCc1ccccc1)c1nc(CC2CCOC2)no1. The number of aryl methyl sites for hydroxylation is 1. The number of ether oxygens (including phenoxy) is 1. The number of hydrogen-bond acceptors (Lipinski definition) is 5. The lowest BCUT2D eigenvalue weighted by molar-refractivity contribution is 0.185. The van der Waals surface area contributed by atoms with E-state index in [1.807, 2.05) is 18.2 Å². The van der Waals surface area contributed by atoms with Crippen LogP contribution in [0.4, 0.5) is 0 Å². The highest BCUT2D eigenvalue weighted by Crippen LogP contribution is 2.19. The lowest BCUT2D eigenvalue weighted by Gasteiger charge is -2.06. The van der Waals surface area contributed by atoms with Gasteiger partial charge in [-0.25, -0.2) is 0 Å². The summed E-state index contributed by atoms with van der Waals surface area (Å²) in [6.45, 7) is 1.63. The first kappa shape index (κ1) is 14.2. The highest BCUT2D eigenvalue weighted by molar-refractivity contribution is 5.15. The van der Waals surface area contributed by atoms with Crippen LogP contribution in [0.1, 0.15) is 36.2 Å². The number of nitrogens with zero attached hydrogens (tertiary/aromatic N) is 2. The number of hydrogen-bond donors (Lipinski definition) is 1. The van der Waals surface area contributed by atoms with Crippen LogP contribution in [0.25, 0.3) is 0 Å². The van der Waals surface area contributed by atoms with Crippen molar-refractivity contribution in [3.05, 3.63) is 47.6 Å². The van der Waals surface area contributed by atoms with Gasteiger partial charge in [0, 0.05) is 19.6 Å². The molecular weight excluding hydrogens is 266 g/mol. The zero-order chi connectivity index (χ0) is 14.5. The molecule has 0 aliphatic carbocycles. The second-order valence-electron chi connectivity index (χ2n) is 5.61.